The second-order valence-corrected chi connectivity index (χ2v) is 3.16. The molecule has 0 aliphatic rings. The maximum atomic E-state index is 12.5. The monoisotopic (exact) mass is 236 g/mol. The van der Waals surface area contributed by atoms with Crippen molar-refractivity contribution in [2.45, 2.75) is 12.8 Å². The summed E-state index contributed by atoms with van der Waals surface area (Å²) in [6, 6.07) is 0.918. The lowest BCUT2D eigenvalue weighted by molar-refractivity contribution is -0.136. The van der Waals surface area contributed by atoms with Gasteiger partial charge in [0, 0.05) is 11.1 Å². The third kappa shape index (κ3) is 2.76. The molecule has 1 aromatic heterocycles. The lowest BCUT2D eigenvalue weighted by atomic mass is 10.1. The summed E-state index contributed by atoms with van der Waals surface area (Å²) >= 11 is 5.43. The summed E-state index contributed by atoms with van der Waals surface area (Å²) in [5.41, 5.74) is 4.63. The second kappa shape index (κ2) is 4.39. The average Bonchev–Trinajstić information content (AvgIpc) is 2.08. The van der Waals surface area contributed by atoms with Crippen LogP contribution < -0.4 is 5.73 Å². The number of hydrogen-bond donors (Lipinski definition) is 2. The van der Waals surface area contributed by atoms with Crippen LogP contribution in [0.4, 0.5) is 14.6 Å². The number of halogens is 3. The average molecular weight is 237 g/mol. The lowest BCUT2D eigenvalue weighted by Gasteiger charge is -2.09. The first-order valence-corrected chi connectivity index (χ1v) is 4.24. The highest BCUT2D eigenvalue weighted by atomic mass is 35.5. The van der Waals surface area contributed by atoms with Crippen LogP contribution in [-0.4, -0.2) is 16.1 Å². The molecule has 15 heavy (non-hydrogen) atoms. The van der Waals surface area contributed by atoms with E-state index in [-0.39, 0.29) is 16.5 Å². The molecule has 4 nitrogen and oxygen atoms in total. The molecule has 0 atom stereocenters. The zero-order valence-electron chi connectivity index (χ0n) is 7.38. The van der Waals surface area contributed by atoms with Crippen LogP contribution >= 0.6 is 11.6 Å². The molecule has 0 unspecified atom stereocenters. The fraction of sp³-hybridized carbons (Fsp3) is 0.250. The molecule has 3 N–H and O–H groups in total. The molecule has 1 heterocycles. The van der Waals surface area contributed by atoms with Crippen molar-refractivity contribution in [1.82, 2.24) is 4.98 Å². The summed E-state index contributed by atoms with van der Waals surface area (Å²) in [5, 5.41) is 8.32. The smallest absolute Gasteiger partial charge is 0.307 e. The van der Waals surface area contributed by atoms with Crippen LogP contribution in [0.5, 0.6) is 0 Å². The van der Waals surface area contributed by atoms with E-state index < -0.39 is 24.4 Å². The molecule has 82 valence electrons. The molecule has 0 saturated heterocycles. The summed E-state index contributed by atoms with van der Waals surface area (Å²) < 4.78 is 25.0. The lowest BCUT2D eigenvalue weighted by Crippen LogP contribution is -2.09. The van der Waals surface area contributed by atoms with Crippen molar-refractivity contribution in [2.75, 3.05) is 5.73 Å². The van der Waals surface area contributed by atoms with Gasteiger partial charge in [-0.15, -0.1) is 0 Å². The first-order valence-electron chi connectivity index (χ1n) is 3.86. The summed E-state index contributed by atoms with van der Waals surface area (Å²) in [6.07, 6.45) is -3.43. The topological polar surface area (TPSA) is 76.2 Å². The number of aliphatic carboxylic acids is 1. The van der Waals surface area contributed by atoms with Gasteiger partial charge < -0.3 is 10.8 Å². The summed E-state index contributed by atoms with van der Waals surface area (Å²) in [5.74, 6) is -1.53. The van der Waals surface area contributed by atoms with Gasteiger partial charge in [-0.2, -0.15) is 0 Å². The van der Waals surface area contributed by atoms with E-state index in [0.717, 1.165) is 6.07 Å². The minimum atomic E-state index is -2.83. The maximum Gasteiger partial charge on any atom is 0.307 e. The Morgan fingerprint density at radius 1 is 1.67 bits per heavy atom. The van der Waals surface area contributed by atoms with E-state index in [0.29, 0.717) is 0 Å². The molecule has 0 aliphatic heterocycles. The third-order valence-corrected chi connectivity index (χ3v) is 1.92. The molecular formula is C8H7ClF2N2O2. The molecule has 1 aromatic rings. The molecule has 0 aliphatic carbocycles. The molecular weight excluding hydrogens is 230 g/mol. The van der Waals surface area contributed by atoms with Crippen LogP contribution in [0.2, 0.25) is 5.15 Å². The number of carboxylic acid groups (broad SMARTS) is 1. The van der Waals surface area contributed by atoms with Gasteiger partial charge in [-0.1, -0.05) is 11.6 Å². The van der Waals surface area contributed by atoms with Gasteiger partial charge in [0.05, 0.1) is 6.42 Å². The van der Waals surface area contributed by atoms with Crippen molar-refractivity contribution in [3.8, 4) is 0 Å². The Balaban J connectivity index is 3.26. The van der Waals surface area contributed by atoms with Crippen LogP contribution in [-0.2, 0) is 11.2 Å². The maximum absolute atomic E-state index is 12.5. The Morgan fingerprint density at radius 2 is 2.27 bits per heavy atom. The van der Waals surface area contributed by atoms with E-state index in [4.69, 9.17) is 22.4 Å². The number of hydrogen-bond acceptors (Lipinski definition) is 3. The van der Waals surface area contributed by atoms with Gasteiger partial charge in [-0.25, -0.2) is 13.8 Å². The second-order valence-electron chi connectivity index (χ2n) is 2.77. The van der Waals surface area contributed by atoms with E-state index in [9.17, 15) is 13.6 Å². The van der Waals surface area contributed by atoms with E-state index in [2.05, 4.69) is 4.98 Å². The van der Waals surface area contributed by atoms with E-state index in [1.165, 1.54) is 0 Å². The zero-order valence-corrected chi connectivity index (χ0v) is 8.13. The molecule has 0 bridgehead atoms. The van der Waals surface area contributed by atoms with Crippen LogP contribution in [0, 0.1) is 0 Å². The van der Waals surface area contributed by atoms with E-state index in [1.807, 2.05) is 0 Å². The number of carbonyl (C=O) groups is 1. The number of nitrogen functional groups attached to an aromatic ring is 1. The predicted octanol–water partition coefficient (Wildman–Crippen LogP) is 1.88. The van der Waals surface area contributed by atoms with Gasteiger partial charge in [-0.05, 0) is 6.07 Å². The van der Waals surface area contributed by atoms with Crippen molar-refractivity contribution >= 4 is 23.4 Å². The zero-order chi connectivity index (χ0) is 11.6. The van der Waals surface area contributed by atoms with E-state index in [1.54, 1.807) is 0 Å². The van der Waals surface area contributed by atoms with Crippen molar-refractivity contribution < 1.29 is 18.7 Å². The van der Waals surface area contributed by atoms with Gasteiger partial charge in [0.2, 0.25) is 0 Å². The molecule has 0 aromatic carbocycles. The standard InChI is InChI=1S/C8H7ClF2N2O2/c9-5-1-3(7(10)11)4(2-6(14)15)8(12)13-5/h1,7H,2H2,(H2,12,13)(H,14,15). The number of aromatic nitrogens is 1. The highest BCUT2D eigenvalue weighted by Crippen LogP contribution is 2.28. The van der Waals surface area contributed by atoms with Crippen LogP contribution in [0.1, 0.15) is 17.6 Å². The first-order chi connectivity index (χ1) is 6.91. The van der Waals surface area contributed by atoms with Gasteiger partial charge >= 0.3 is 5.97 Å². The van der Waals surface area contributed by atoms with Crippen molar-refractivity contribution in [3.05, 3.63) is 22.3 Å². The molecule has 0 spiro atoms. The van der Waals surface area contributed by atoms with Gasteiger partial charge in [0.25, 0.3) is 6.43 Å². The normalized spacial score (nSPS) is 10.7. The number of alkyl halides is 2. The highest BCUT2D eigenvalue weighted by molar-refractivity contribution is 6.29. The number of rotatable bonds is 3. The number of carboxylic acids is 1. The van der Waals surface area contributed by atoms with Gasteiger partial charge in [-0.3, -0.25) is 4.79 Å². The number of nitrogens with two attached hydrogens (primary N) is 1. The SMILES string of the molecule is Nc1nc(Cl)cc(C(F)F)c1CC(=O)O. The first kappa shape index (κ1) is 11.6. The Kier molecular flexibility index (Phi) is 3.41. The molecule has 0 fully saturated rings. The molecule has 0 amide bonds. The van der Waals surface area contributed by atoms with Gasteiger partial charge in [0.1, 0.15) is 11.0 Å². The number of anilines is 1. The van der Waals surface area contributed by atoms with Crippen LogP contribution in [0.3, 0.4) is 0 Å². The fourth-order valence-corrected chi connectivity index (χ4v) is 1.33. The Labute approximate surface area is 88.7 Å². The Hall–Kier alpha value is -1.43. The predicted molar refractivity (Wildman–Crippen MR) is 50.0 cm³/mol. The van der Waals surface area contributed by atoms with Crippen LogP contribution in [0.25, 0.3) is 0 Å². The van der Waals surface area contributed by atoms with E-state index >= 15 is 0 Å². The largest absolute Gasteiger partial charge is 0.481 e. The minimum absolute atomic E-state index is 0.183. The molecule has 0 saturated carbocycles. The quantitative estimate of drug-likeness (QED) is 0.786. The summed E-state index contributed by atoms with van der Waals surface area (Å²) in [6.45, 7) is 0. The van der Waals surface area contributed by atoms with Crippen LogP contribution in [0.15, 0.2) is 6.07 Å². The number of nitrogens with zero attached hydrogens (tertiary/aromatic N) is 1. The molecule has 7 heteroatoms. The molecule has 1 rings (SSSR count). The van der Waals surface area contributed by atoms with Gasteiger partial charge in [0.15, 0.2) is 0 Å². The fourth-order valence-electron chi connectivity index (χ4n) is 1.12. The minimum Gasteiger partial charge on any atom is -0.481 e. The van der Waals surface area contributed by atoms with Crippen molar-refractivity contribution in [2.24, 2.45) is 0 Å². The van der Waals surface area contributed by atoms with Crippen molar-refractivity contribution in [1.29, 1.82) is 0 Å². The third-order valence-electron chi connectivity index (χ3n) is 1.72. The molecule has 0 radical (unpaired) electrons. The highest BCUT2D eigenvalue weighted by Gasteiger charge is 2.19. The summed E-state index contributed by atoms with van der Waals surface area (Å²) in [4.78, 5) is 13.9. The van der Waals surface area contributed by atoms with Crippen molar-refractivity contribution in [3.63, 3.8) is 0 Å². The Morgan fingerprint density at radius 3 is 2.73 bits per heavy atom. The summed E-state index contributed by atoms with van der Waals surface area (Å²) in [7, 11) is 0. The Bertz CT molecular complexity index is 398. The number of pyridine rings is 1.